The van der Waals surface area contributed by atoms with Crippen LogP contribution in [0.25, 0.3) is 0 Å². The zero-order chi connectivity index (χ0) is 6.69. The third-order valence-corrected chi connectivity index (χ3v) is 1.68. The van der Waals surface area contributed by atoms with Gasteiger partial charge in [0.25, 0.3) is 0 Å². The van der Waals surface area contributed by atoms with E-state index in [1.165, 1.54) is 6.42 Å². The molecule has 0 radical (unpaired) electrons. The molecule has 0 fully saturated rings. The molecular formula is C7H14N2. The summed E-state index contributed by atoms with van der Waals surface area (Å²) >= 11 is 0. The smallest absolute Gasteiger partial charge is 0.0918 e. The molecule has 3 N–H and O–H groups in total. The van der Waals surface area contributed by atoms with Gasteiger partial charge in [0.05, 0.1) is 5.82 Å². The highest BCUT2D eigenvalue weighted by Gasteiger charge is 2.04. The Bertz CT molecular complexity index is 118. The maximum atomic E-state index is 5.55. The second kappa shape index (κ2) is 2.76. The topological polar surface area (TPSA) is 38.0 Å². The number of hydrogen-bond donors (Lipinski definition) is 2. The van der Waals surface area contributed by atoms with Gasteiger partial charge in [-0.15, -0.1) is 0 Å². The minimum Gasteiger partial charge on any atom is -0.386 e. The summed E-state index contributed by atoms with van der Waals surface area (Å²) in [6.45, 7) is 3.27. The van der Waals surface area contributed by atoms with Crippen LogP contribution in [0.1, 0.15) is 19.8 Å². The molecule has 2 heteroatoms. The van der Waals surface area contributed by atoms with Gasteiger partial charge in [0.2, 0.25) is 0 Å². The molecule has 9 heavy (non-hydrogen) atoms. The molecule has 0 aromatic rings. The van der Waals surface area contributed by atoms with Gasteiger partial charge in [-0.3, -0.25) is 0 Å². The summed E-state index contributed by atoms with van der Waals surface area (Å²) < 4.78 is 0. The first-order valence-corrected chi connectivity index (χ1v) is 3.48. The highest BCUT2D eigenvalue weighted by Crippen LogP contribution is 2.08. The molecule has 1 rings (SSSR count). The molecule has 0 spiro atoms. The predicted octanol–water partition coefficient (Wildman–Crippen LogP) is 0.806. The van der Waals surface area contributed by atoms with E-state index in [4.69, 9.17) is 5.73 Å². The molecule has 1 heterocycles. The van der Waals surface area contributed by atoms with Crippen LogP contribution in [-0.2, 0) is 0 Å². The molecule has 1 aliphatic heterocycles. The number of nitrogens with two attached hydrogens (primary N) is 1. The van der Waals surface area contributed by atoms with Gasteiger partial charge in [0.15, 0.2) is 0 Å². The first-order valence-electron chi connectivity index (χ1n) is 3.48. The third-order valence-electron chi connectivity index (χ3n) is 1.68. The molecule has 1 unspecified atom stereocenters. The van der Waals surface area contributed by atoms with Crippen LogP contribution in [0.15, 0.2) is 11.9 Å². The van der Waals surface area contributed by atoms with E-state index in [-0.39, 0.29) is 0 Å². The first kappa shape index (κ1) is 6.46. The molecule has 1 atom stereocenters. The molecule has 0 amide bonds. The lowest BCUT2D eigenvalue weighted by atomic mass is 10.1. The number of rotatable bonds is 0. The zero-order valence-electron chi connectivity index (χ0n) is 5.85. The normalized spacial score (nSPS) is 28.1. The summed E-state index contributed by atoms with van der Waals surface area (Å²) in [4.78, 5) is 0. The van der Waals surface area contributed by atoms with Crippen LogP contribution in [-0.4, -0.2) is 6.54 Å². The summed E-state index contributed by atoms with van der Waals surface area (Å²) in [6.07, 6.45) is 4.44. The van der Waals surface area contributed by atoms with Crippen LogP contribution in [0.5, 0.6) is 0 Å². The van der Waals surface area contributed by atoms with Crippen LogP contribution in [0.4, 0.5) is 0 Å². The maximum Gasteiger partial charge on any atom is 0.0918 e. The molecule has 0 aliphatic carbocycles. The largest absolute Gasteiger partial charge is 0.386 e. The van der Waals surface area contributed by atoms with E-state index >= 15 is 0 Å². The van der Waals surface area contributed by atoms with Crippen molar-refractivity contribution in [3.63, 3.8) is 0 Å². The number of hydrogen-bond acceptors (Lipinski definition) is 2. The summed E-state index contributed by atoms with van der Waals surface area (Å²) in [5.41, 5.74) is 5.55. The van der Waals surface area contributed by atoms with Gasteiger partial charge in [0.1, 0.15) is 0 Å². The van der Waals surface area contributed by atoms with E-state index in [1.54, 1.807) is 0 Å². The quantitative estimate of drug-likeness (QED) is 0.504. The predicted molar refractivity (Wildman–Crippen MR) is 38.7 cm³/mol. The Morgan fingerprint density at radius 2 is 2.56 bits per heavy atom. The van der Waals surface area contributed by atoms with Gasteiger partial charge in [-0.05, 0) is 24.8 Å². The summed E-state index contributed by atoms with van der Waals surface area (Å²) in [5, 5.41) is 3.13. The highest BCUT2D eigenvalue weighted by atomic mass is 15.0. The van der Waals surface area contributed by atoms with Gasteiger partial charge in [-0.25, -0.2) is 0 Å². The highest BCUT2D eigenvalue weighted by molar-refractivity contribution is 4.96. The average Bonchev–Trinajstić information content (AvgIpc) is 1.97. The fourth-order valence-corrected chi connectivity index (χ4v) is 0.990. The van der Waals surface area contributed by atoms with E-state index in [9.17, 15) is 0 Å². The Morgan fingerprint density at radius 1 is 1.78 bits per heavy atom. The SMILES string of the molecule is CC1CCC=C(N)NC1. The summed E-state index contributed by atoms with van der Waals surface area (Å²) in [7, 11) is 0. The van der Waals surface area contributed by atoms with E-state index in [1.807, 2.05) is 0 Å². The Kier molecular flexibility index (Phi) is 1.98. The molecular weight excluding hydrogens is 112 g/mol. The minimum absolute atomic E-state index is 0.766. The van der Waals surface area contributed by atoms with Crippen molar-refractivity contribution in [2.45, 2.75) is 19.8 Å². The molecule has 0 aromatic carbocycles. The van der Waals surface area contributed by atoms with Crippen molar-refractivity contribution < 1.29 is 0 Å². The summed E-state index contributed by atoms with van der Waals surface area (Å²) in [6, 6.07) is 0. The fraction of sp³-hybridized carbons (Fsp3) is 0.714. The molecule has 0 aromatic heterocycles. The monoisotopic (exact) mass is 126 g/mol. The standard InChI is InChI=1S/C7H14N2/c1-6-3-2-4-7(8)9-5-6/h4,6,9H,2-3,5,8H2,1H3. The second-order valence-electron chi connectivity index (χ2n) is 2.72. The van der Waals surface area contributed by atoms with Crippen molar-refractivity contribution in [2.24, 2.45) is 11.7 Å². The zero-order valence-corrected chi connectivity index (χ0v) is 5.85. The van der Waals surface area contributed by atoms with Crippen molar-refractivity contribution in [3.8, 4) is 0 Å². The maximum absolute atomic E-state index is 5.55. The van der Waals surface area contributed by atoms with Gasteiger partial charge in [0, 0.05) is 6.54 Å². The Labute approximate surface area is 56.1 Å². The van der Waals surface area contributed by atoms with Crippen molar-refractivity contribution in [3.05, 3.63) is 11.9 Å². The van der Waals surface area contributed by atoms with Crippen LogP contribution >= 0.6 is 0 Å². The summed E-state index contributed by atoms with van der Waals surface area (Å²) in [5.74, 6) is 1.61. The van der Waals surface area contributed by atoms with Crippen molar-refractivity contribution in [2.75, 3.05) is 6.54 Å². The Morgan fingerprint density at radius 3 is 3.33 bits per heavy atom. The lowest BCUT2D eigenvalue weighted by Crippen LogP contribution is -2.22. The van der Waals surface area contributed by atoms with Crippen molar-refractivity contribution in [1.82, 2.24) is 5.32 Å². The minimum atomic E-state index is 0.766. The van der Waals surface area contributed by atoms with Crippen LogP contribution in [0.2, 0.25) is 0 Å². The number of allylic oxidation sites excluding steroid dienone is 1. The lowest BCUT2D eigenvalue weighted by molar-refractivity contribution is 0.527. The molecule has 1 aliphatic rings. The Balaban J connectivity index is 2.39. The fourth-order valence-electron chi connectivity index (χ4n) is 0.990. The van der Waals surface area contributed by atoms with Crippen molar-refractivity contribution >= 4 is 0 Å². The first-order chi connectivity index (χ1) is 4.29. The Hall–Kier alpha value is -0.660. The molecule has 0 bridgehead atoms. The lowest BCUT2D eigenvalue weighted by Gasteiger charge is -2.06. The van der Waals surface area contributed by atoms with Gasteiger partial charge in [-0.1, -0.05) is 6.92 Å². The molecule has 52 valence electrons. The second-order valence-corrected chi connectivity index (χ2v) is 2.72. The van der Waals surface area contributed by atoms with Crippen LogP contribution in [0.3, 0.4) is 0 Å². The molecule has 2 nitrogen and oxygen atoms in total. The molecule has 0 saturated heterocycles. The van der Waals surface area contributed by atoms with Gasteiger partial charge in [-0.2, -0.15) is 0 Å². The van der Waals surface area contributed by atoms with Gasteiger partial charge >= 0.3 is 0 Å². The average molecular weight is 126 g/mol. The third kappa shape index (κ3) is 1.96. The van der Waals surface area contributed by atoms with Crippen LogP contribution < -0.4 is 11.1 Å². The van der Waals surface area contributed by atoms with E-state index < -0.39 is 0 Å². The number of nitrogens with one attached hydrogen (secondary N) is 1. The van der Waals surface area contributed by atoms with Crippen molar-refractivity contribution in [1.29, 1.82) is 0 Å². The van der Waals surface area contributed by atoms with Gasteiger partial charge < -0.3 is 11.1 Å². The molecule has 0 saturated carbocycles. The van der Waals surface area contributed by atoms with Crippen LogP contribution in [0, 0.1) is 5.92 Å². The van der Waals surface area contributed by atoms with E-state index in [0.29, 0.717) is 0 Å². The van der Waals surface area contributed by atoms with E-state index in [2.05, 4.69) is 18.3 Å². The van der Waals surface area contributed by atoms with E-state index in [0.717, 1.165) is 24.7 Å².